The molecule has 0 aliphatic heterocycles. The van der Waals surface area contributed by atoms with Crippen LogP contribution in [-0.4, -0.2) is 61.4 Å². The van der Waals surface area contributed by atoms with Crippen LogP contribution in [0.4, 0.5) is 4.39 Å². The zero-order valence-electron chi connectivity index (χ0n) is 22.7. The van der Waals surface area contributed by atoms with Gasteiger partial charge in [0.2, 0.25) is 5.91 Å². The van der Waals surface area contributed by atoms with Crippen molar-refractivity contribution in [3.8, 4) is 11.5 Å². The Labute approximate surface area is 228 Å². The molecular formula is C29H39FN2O7. The molecule has 1 aromatic carbocycles. The second-order valence-corrected chi connectivity index (χ2v) is 11.7. The number of benzene rings is 1. The molecule has 0 aromatic heterocycles. The minimum atomic E-state index is -0.822. The Morgan fingerprint density at radius 1 is 1.03 bits per heavy atom. The van der Waals surface area contributed by atoms with Crippen LogP contribution in [-0.2, 0) is 14.3 Å². The highest BCUT2D eigenvalue weighted by Crippen LogP contribution is 2.49. The van der Waals surface area contributed by atoms with Gasteiger partial charge in [-0.2, -0.15) is 0 Å². The number of fused-ring (bicyclic) bond motifs is 2. The fourth-order valence-electron chi connectivity index (χ4n) is 7.07. The van der Waals surface area contributed by atoms with E-state index in [-0.39, 0.29) is 58.5 Å². The standard InChI is InChI=1S/C29H39FN2O7/c1-37-22-14-21(30)23(39-19-8-6-16(7-9-19)28(35)36)13-20(22)26(33)32-25-18-5-4-17(12-18)24(25)27(34)31-15-29(38-2)10-3-11-29/h13-14,16-19,24-25H,3-12,15H2,1-2H3,(H,31,34)(H,32,33)(H,35,36). The topological polar surface area (TPSA) is 123 Å². The maximum absolute atomic E-state index is 14.9. The average molecular weight is 547 g/mol. The van der Waals surface area contributed by atoms with Gasteiger partial charge in [-0.1, -0.05) is 0 Å². The molecule has 1 aromatic rings. The monoisotopic (exact) mass is 546 g/mol. The summed E-state index contributed by atoms with van der Waals surface area (Å²) in [6.45, 7) is 0.470. The van der Waals surface area contributed by atoms with Crippen molar-refractivity contribution in [1.82, 2.24) is 10.6 Å². The van der Waals surface area contributed by atoms with E-state index >= 15 is 0 Å². The van der Waals surface area contributed by atoms with E-state index in [1.54, 1.807) is 7.11 Å². The molecule has 4 aliphatic carbocycles. The Hall–Kier alpha value is -2.88. The maximum atomic E-state index is 14.9. The highest BCUT2D eigenvalue weighted by atomic mass is 19.1. The lowest BCUT2D eigenvalue weighted by molar-refractivity contribution is -0.143. The summed E-state index contributed by atoms with van der Waals surface area (Å²) >= 11 is 0. The summed E-state index contributed by atoms with van der Waals surface area (Å²) < 4.78 is 31.8. The molecular weight excluding hydrogens is 507 g/mol. The third kappa shape index (κ3) is 5.58. The highest BCUT2D eigenvalue weighted by molar-refractivity contribution is 5.98. The number of hydrogen-bond donors (Lipinski definition) is 3. The van der Waals surface area contributed by atoms with Crippen molar-refractivity contribution < 1.29 is 38.1 Å². The van der Waals surface area contributed by atoms with Crippen LogP contribution in [0.25, 0.3) is 0 Å². The van der Waals surface area contributed by atoms with Crippen LogP contribution in [0.2, 0.25) is 0 Å². The Morgan fingerprint density at radius 2 is 1.74 bits per heavy atom. The average Bonchev–Trinajstić information content (AvgIpc) is 3.51. The van der Waals surface area contributed by atoms with E-state index in [1.165, 1.54) is 13.2 Å². The molecule has 2 bridgehead atoms. The largest absolute Gasteiger partial charge is 0.496 e. The Kier molecular flexibility index (Phi) is 8.03. The number of aliphatic carboxylic acids is 1. The number of nitrogens with one attached hydrogen (secondary N) is 2. The van der Waals surface area contributed by atoms with Crippen molar-refractivity contribution in [1.29, 1.82) is 0 Å². The second-order valence-electron chi connectivity index (χ2n) is 11.7. The van der Waals surface area contributed by atoms with Crippen LogP contribution < -0.4 is 20.1 Å². The molecule has 0 heterocycles. The fraction of sp³-hybridized carbons (Fsp3) is 0.690. The number of hydrogen-bond acceptors (Lipinski definition) is 6. The van der Waals surface area contributed by atoms with E-state index in [0.717, 1.165) is 44.6 Å². The molecule has 214 valence electrons. The first kappa shape index (κ1) is 27.7. The molecule has 39 heavy (non-hydrogen) atoms. The van der Waals surface area contributed by atoms with Gasteiger partial charge in [0.05, 0.1) is 36.2 Å². The molecule has 10 heteroatoms. The number of rotatable bonds is 10. The van der Waals surface area contributed by atoms with Gasteiger partial charge in [0.25, 0.3) is 5.91 Å². The molecule has 4 saturated carbocycles. The fourth-order valence-corrected chi connectivity index (χ4v) is 7.07. The van der Waals surface area contributed by atoms with Crippen molar-refractivity contribution in [3.63, 3.8) is 0 Å². The zero-order valence-corrected chi connectivity index (χ0v) is 22.7. The lowest BCUT2D eigenvalue weighted by Crippen LogP contribution is -2.54. The van der Waals surface area contributed by atoms with Crippen LogP contribution in [0, 0.1) is 29.5 Å². The molecule has 3 N–H and O–H groups in total. The van der Waals surface area contributed by atoms with E-state index in [9.17, 15) is 23.9 Å². The minimum absolute atomic E-state index is 0.0529. The van der Waals surface area contributed by atoms with Gasteiger partial charge in [-0.05, 0) is 82.1 Å². The summed E-state index contributed by atoms with van der Waals surface area (Å²) in [6, 6.07) is 2.18. The van der Waals surface area contributed by atoms with Gasteiger partial charge >= 0.3 is 5.97 Å². The minimum Gasteiger partial charge on any atom is -0.496 e. The van der Waals surface area contributed by atoms with E-state index in [0.29, 0.717) is 32.2 Å². The Bertz CT molecular complexity index is 1090. The smallest absolute Gasteiger partial charge is 0.306 e. The van der Waals surface area contributed by atoms with Crippen molar-refractivity contribution in [2.45, 2.75) is 82.0 Å². The lowest BCUT2D eigenvalue weighted by Gasteiger charge is -2.41. The number of carbonyl (C=O) groups excluding carboxylic acids is 2. The number of carboxylic acids is 1. The number of methoxy groups -OCH3 is 2. The second kappa shape index (κ2) is 11.3. The van der Waals surface area contributed by atoms with Crippen LogP contribution in [0.15, 0.2) is 12.1 Å². The van der Waals surface area contributed by atoms with Gasteiger partial charge in [-0.25, -0.2) is 4.39 Å². The summed E-state index contributed by atoms with van der Waals surface area (Å²) in [5.41, 5.74) is -0.139. The zero-order chi connectivity index (χ0) is 27.7. The maximum Gasteiger partial charge on any atom is 0.306 e. The van der Waals surface area contributed by atoms with Crippen LogP contribution in [0.3, 0.4) is 0 Å². The molecule has 9 nitrogen and oxygen atoms in total. The molecule has 4 aliphatic rings. The summed E-state index contributed by atoms with van der Waals surface area (Å²) in [6.07, 6.45) is 7.34. The molecule has 0 spiro atoms. The van der Waals surface area contributed by atoms with Gasteiger partial charge in [0.1, 0.15) is 5.75 Å². The summed E-state index contributed by atoms with van der Waals surface area (Å²) in [4.78, 5) is 38.1. The van der Waals surface area contributed by atoms with Gasteiger partial charge in [-0.3, -0.25) is 14.4 Å². The number of carboxylic acid groups (broad SMARTS) is 1. The quantitative estimate of drug-likeness (QED) is 0.409. The van der Waals surface area contributed by atoms with Crippen LogP contribution in [0.1, 0.15) is 74.6 Å². The molecule has 4 unspecified atom stereocenters. The first-order valence-corrected chi connectivity index (χ1v) is 14.1. The Morgan fingerprint density at radius 3 is 2.36 bits per heavy atom. The van der Waals surface area contributed by atoms with Gasteiger partial charge in [-0.15, -0.1) is 0 Å². The normalized spacial score (nSPS) is 30.7. The van der Waals surface area contributed by atoms with Crippen molar-refractivity contribution >= 4 is 17.8 Å². The third-order valence-electron chi connectivity index (χ3n) is 9.62. The van der Waals surface area contributed by atoms with Gasteiger partial charge in [0.15, 0.2) is 11.6 Å². The summed E-state index contributed by atoms with van der Waals surface area (Å²) in [5, 5.41) is 15.4. The molecule has 2 amide bonds. The van der Waals surface area contributed by atoms with E-state index < -0.39 is 23.6 Å². The SMILES string of the molecule is COc1cc(F)c(OC2CCC(C(=O)O)CC2)cc1C(=O)NC1C2CCC(C2)C1C(=O)NCC1(OC)CCC1. The predicted molar refractivity (Wildman–Crippen MR) is 139 cm³/mol. The molecule has 0 radical (unpaired) electrons. The van der Waals surface area contributed by atoms with Crippen LogP contribution >= 0.6 is 0 Å². The van der Waals surface area contributed by atoms with Crippen molar-refractivity contribution in [2.24, 2.45) is 23.7 Å². The Balaban J connectivity index is 1.28. The molecule has 5 rings (SSSR count). The number of halogens is 1. The van der Waals surface area contributed by atoms with E-state index in [1.807, 2.05) is 0 Å². The predicted octanol–water partition coefficient (Wildman–Crippen LogP) is 3.69. The number of amides is 2. The summed E-state index contributed by atoms with van der Waals surface area (Å²) in [5.74, 6) is -2.24. The third-order valence-corrected chi connectivity index (χ3v) is 9.62. The van der Waals surface area contributed by atoms with Crippen molar-refractivity contribution in [3.05, 3.63) is 23.5 Å². The number of carbonyl (C=O) groups is 3. The van der Waals surface area contributed by atoms with E-state index in [4.69, 9.17) is 14.2 Å². The first-order chi connectivity index (χ1) is 18.7. The molecule has 4 fully saturated rings. The van der Waals surface area contributed by atoms with E-state index in [2.05, 4.69) is 10.6 Å². The van der Waals surface area contributed by atoms with Crippen LogP contribution in [0.5, 0.6) is 11.5 Å². The lowest BCUT2D eigenvalue weighted by atomic mass is 9.79. The summed E-state index contributed by atoms with van der Waals surface area (Å²) in [7, 11) is 3.06. The van der Waals surface area contributed by atoms with Gasteiger partial charge in [0, 0.05) is 25.8 Å². The first-order valence-electron chi connectivity index (χ1n) is 14.1. The number of ether oxygens (including phenoxy) is 3. The molecule has 0 saturated heterocycles. The molecule has 4 atom stereocenters. The van der Waals surface area contributed by atoms with Gasteiger partial charge < -0.3 is 30.0 Å². The van der Waals surface area contributed by atoms with Crippen molar-refractivity contribution in [2.75, 3.05) is 20.8 Å². The highest BCUT2D eigenvalue weighted by Gasteiger charge is 2.52.